The minimum absolute atomic E-state index is 0.434. The quantitative estimate of drug-likeness (QED) is 0.718. The van der Waals surface area contributed by atoms with Crippen molar-refractivity contribution in [1.29, 1.82) is 5.26 Å². The van der Waals surface area contributed by atoms with Crippen molar-refractivity contribution >= 4 is 5.52 Å². The molecule has 3 nitrogen and oxygen atoms in total. The van der Waals surface area contributed by atoms with Crippen LogP contribution in [0.25, 0.3) is 5.52 Å². The molecule has 0 aliphatic carbocycles. The van der Waals surface area contributed by atoms with E-state index in [1.165, 1.54) is 16.6 Å². The summed E-state index contributed by atoms with van der Waals surface area (Å²) < 4.78 is 2.13. The van der Waals surface area contributed by atoms with Crippen LogP contribution in [-0.4, -0.2) is 9.38 Å². The molecule has 0 saturated heterocycles. The van der Waals surface area contributed by atoms with Gasteiger partial charge in [0.2, 0.25) is 0 Å². The van der Waals surface area contributed by atoms with Gasteiger partial charge < -0.3 is 4.40 Å². The van der Waals surface area contributed by atoms with Gasteiger partial charge in [-0.15, -0.1) is 0 Å². The number of aryl methyl sites for hydroxylation is 3. The Balaban J connectivity index is 1.97. The summed E-state index contributed by atoms with van der Waals surface area (Å²) in [6, 6.07) is 14.9. The molecular formula is C19H19N3. The summed E-state index contributed by atoms with van der Waals surface area (Å²) in [7, 11) is 0. The van der Waals surface area contributed by atoms with Crippen LogP contribution >= 0.6 is 0 Å². The second-order valence-electron chi connectivity index (χ2n) is 5.43. The largest absolute Gasteiger partial charge is 0.316 e. The molecule has 110 valence electrons. The van der Waals surface area contributed by atoms with E-state index >= 15 is 0 Å². The lowest BCUT2D eigenvalue weighted by Gasteiger charge is -2.07. The molecule has 0 fully saturated rings. The van der Waals surface area contributed by atoms with Crippen LogP contribution in [0.4, 0.5) is 0 Å². The smallest absolute Gasteiger partial charge is 0.0758 e. The van der Waals surface area contributed by atoms with Gasteiger partial charge in [0.1, 0.15) is 0 Å². The molecule has 0 aliphatic heterocycles. The number of benzene rings is 1. The van der Waals surface area contributed by atoms with Crippen LogP contribution in [0.2, 0.25) is 0 Å². The topological polar surface area (TPSA) is 41.1 Å². The molecule has 22 heavy (non-hydrogen) atoms. The lowest BCUT2D eigenvalue weighted by atomic mass is 10.1. The SMILES string of the molecule is CCc1cc(CC#N)n2ccnc(CCc3ccccc3)c12. The van der Waals surface area contributed by atoms with Gasteiger partial charge in [0, 0.05) is 18.1 Å². The number of aromatic nitrogens is 2. The number of fused-ring (bicyclic) bond motifs is 1. The highest BCUT2D eigenvalue weighted by Crippen LogP contribution is 2.22. The van der Waals surface area contributed by atoms with Crippen molar-refractivity contribution in [2.24, 2.45) is 0 Å². The fourth-order valence-corrected chi connectivity index (χ4v) is 2.96. The lowest BCUT2D eigenvalue weighted by molar-refractivity contribution is 0.897. The average Bonchev–Trinajstić information content (AvgIpc) is 2.93. The van der Waals surface area contributed by atoms with E-state index in [-0.39, 0.29) is 0 Å². The highest BCUT2D eigenvalue weighted by atomic mass is 14.9. The molecule has 3 aromatic rings. The molecule has 3 rings (SSSR count). The molecule has 0 N–H and O–H groups in total. The van der Waals surface area contributed by atoms with E-state index in [1.807, 2.05) is 18.5 Å². The van der Waals surface area contributed by atoms with Crippen molar-refractivity contribution in [3.05, 3.63) is 71.3 Å². The number of hydrogen-bond acceptors (Lipinski definition) is 2. The minimum atomic E-state index is 0.434. The summed E-state index contributed by atoms with van der Waals surface area (Å²) in [5.41, 5.74) is 5.96. The zero-order valence-corrected chi connectivity index (χ0v) is 12.8. The van der Waals surface area contributed by atoms with E-state index in [0.717, 1.165) is 30.7 Å². The predicted octanol–water partition coefficient (Wildman–Crippen LogP) is 3.75. The Hall–Kier alpha value is -2.60. The van der Waals surface area contributed by atoms with Gasteiger partial charge in [-0.25, -0.2) is 0 Å². The standard InChI is InChI=1S/C19H19N3/c1-2-16-14-17(10-11-20)22-13-12-21-18(19(16)22)9-8-15-6-4-3-5-7-15/h3-7,12-14H,2,8-10H2,1H3. The van der Waals surface area contributed by atoms with Gasteiger partial charge in [0.25, 0.3) is 0 Å². The molecule has 0 atom stereocenters. The molecule has 0 amide bonds. The number of hydrogen-bond donors (Lipinski definition) is 0. The molecule has 2 heterocycles. The zero-order valence-electron chi connectivity index (χ0n) is 12.8. The van der Waals surface area contributed by atoms with E-state index in [1.54, 1.807) is 0 Å². The molecule has 2 aromatic heterocycles. The second-order valence-corrected chi connectivity index (χ2v) is 5.43. The predicted molar refractivity (Wildman–Crippen MR) is 87.7 cm³/mol. The molecule has 0 unspecified atom stereocenters. The van der Waals surface area contributed by atoms with Crippen LogP contribution in [0.3, 0.4) is 0 Å². The van der Waals surface area contributed by atoms with Crippen molar-refractivity contribution in [1.82, 2.24) is 9.38 Å². The zero-order chi connectivity index (χ0) is 15.4. The summed E-state index contributed by atoms with van der Waals surface area (Å²) in [5, 5.41) is 9.00. The van der Waals surface area contributed by atoms with E-state index < -0.39 is 0 Å². The Labute approximate surface area is 130 Å². The van der Waals surface area contributed by atoms with Crippen LogP contribution in [0, 0.1) is 11.3 Å². The first kappa shape index (κ1) is 14.3. The molecular weight excluding hydrogens is 270 g/mol. The Morgan fingerprint density at radius 3 is 2.73 bits per heavy atom. The maximum absolute atomic E-state index is 9.00. The Bertz CT molecular complexity index is 810. The fraction of sp³-hybridized carbons (Fsp3) is 0.263. The molecule has 0 aliphatic rings. The molecule has 3 heteroatoms. The third-order valence-electron chi connectivity index (χ3n) is 4.05. The van der Waals surface area contributed by atoms with Gasteiger partial charge in [0.05, 0.1) is 23.7 Å². The van der Waals surface area contributed by atoms with Gasteiger partial charge in [-0.05, 0) is 36.5 Å². The van der Waals surface area contributed by atoms with Crippen molar-refractivity contribution in [2.45, 2.75) is 32.6 Å². The van der Waals surface area contributed by atoms with Gasteiger partial charge in [-0.1, -0.05) is 37.3 Å². The summed E-state index contributed by atoms with van der Waals surface area (Å²) in [6.45, 7) is 2.15. The van der Waals surface area contributed by atoms with E-state index in [2.05, 4.69) is 52.7 Å². The second kappa shape index (κ2) is 6.44. The van der Waals surface area contributed by atoms with Crippen molar-refractivity contribution in [3.8, 4) is 6.07 Å². The van der Waals surface area contributed by atoms with Crippen LogP contribution in [0.5, 0.6) is 0 Å². The highest BCUT2D eigenvalue weighted by molar-refractivity contribution is 5.62. The summed E-state index contributed by atoms with van der Waals surface area (Å²) in [5.74, 6) is 0. The monoisotopic (exact) mass is 289 g/mol. The number of rotatable bonds is 5. The van der Waals surface area contributed by atoms with Gasteiger partial charge in [-0.3, -0.25) is 4.98 Å². The Kier molecular flexibility index (Phi) is 4.20. The minimum Gasteiger partial charge on any atom is -0.316 e. The number of nitrogens with zero attached hydrogens (tertiary/aromatic N) is 3. The summed E-state index contributed by atoms with van der Waals surface area (Å²) >= 11 is 0. The van der Waals surface area contributed by atoms with Crippen molar-refractivity contribution < 1.29 is 0 Å². The first-order valence-electron chi connectivity index (χ1n) is 7.71. The van der Waals surface area contributed by atoms with Gasteiger partial charge >= 0.3 is 0 Å². The lowest BCUT2D eigenvalue weighted by Crippen LogP contribution is -2.01. The molecule has 0 radical (unpaired) electrons. The van der Waals surface area contributed by atoms with E-state index in [4.69, 9.17) is 5.26 Å². The van der Waals surface area contributed by atoms with Crippen LogP contribution < -0.4 is 0 Å². The average molecular weight is 289 g/mol. The normalized spacial score (nSPS) is 10.7. The van der Waals surface area contributed by atoms with E-state index in [9.17, 15) is 0 Å². The molecule has 0 spiro atoms. The van der Waals surface area contributed by atoms with E-state index in [0.29, 0.717) is 6.42 Å². The number of nitriles is 1. The highest BCUT2D eigenvalue weighted by Gasteiger charge is 2.12. The van der Waals surface area contributed by atoms with Crippen LogP contribution in [0.15, 0.2) is 48.8 Å². The first-order valence-corrected chi connectivity index (χ1v) is 7.71. The van der Waals surface area contributed by atoms with Crippen LogP contribution in [0.1, 0.15) is 29.4 Å². The van der Waals surface area contributed by atoms with Gasteiger partial charge in [-0.2, -0.15) is 5.26 Å². The maximum atomic E-state index is 9.00. The molecule has 0 bridgehead atoms. The Morgan fingerprint density at radius 1 is 1.18 bits per heavy atom. The maximum Gasteiger partial charge on any atom is 0.0758 e. The third kappa shape index (κ3) is 2.73. The molecule has 1 aromatic carbocycles. The Morgan fingerprint density at radius 2 is 2.00 bits per heavy atom. The first-order chi connectivity index (χ1) is 10.8. The summed E-state index contributed by atoms with van der Waals surface area (Å²) in [6.07, 6.45) is 7.09. The fourth-order valence-electron chi connectivity index (χ4n) is 2.96. The van der Waals surface area contributed by atoms with Gasteiger partial charge in [0.15, 0.2) is 0 Å². The molecule has 0 saturated carbocycles. The van der Waals surface area contributed by atoms with Crippen molar-refractivity contribution in [3.63, 3.8) is 0 Å². The third-order valence-corrected chi connectivity index (χ3v) is 4.05. The van der Waals surface area contributed by atoms with Crippen LogP contribution in [-0.2, 0) is 25.7 Å². The summed E-state index contributed by atoms with van der Waals surface area (Å²) in [4.78, 5) is 4.60. The van der Waals surface area contributed by atoms with Crippen molar-refractivity contribution in [2.75, 3.05) is 0 Å².